The quantitative estimate of drug-likeness (QED) is 0.249. The summed E-state index contributed by atoms with van der Waals surface area (Å²) >= 11 is 0. The molecule has 0 unspecified atom stereocenters. The number of fused-ring (bicyclic) bond motifs is 5. The molecule has 0 spiro atoms. The molecular weight excluding hydrogens is 524 g/mol. The summed E-state index contributed by atoms with van der Waals surface area (Å²) in [6.07, 6.45) is -10.1. The van der Waals surface area contributed by atoms with E-state index >= 15 is 0 Å². The van der Waals surface area contributed by atoms with Gasteiger partial charge in [-0.05, 0) is 37.1 Å². The molecule has 1 saturated heterocycles. The van der Waals surface area contributed by atoms with Crippen LogP contribution >= 0.6 is 0 Å². The topological polar surface area (TPSA) is 180 Å². The molecule has 2 saturated carbocycles. The first-order valence-corrected chi connectivity index (χ1v) is 13.3. The molecule has 11 heteroatoms. The minimum atomic E-state index is -2.55. The number of hydrogen-bond acceptors (Lipinski definition) is 11. The van der Waals surface area contributed by atoms with Crippen LogP contribution in [0.1, 0.15) is 51.4 Å². The van der Waals surface area contributed by atoms with Gasteiger partial charge in [-0.15, -0.1) is 0 Å². The second kappa shape index (κ2) is 9.17. The van der Waals surface area contributed by atoms with E-state index in [1.165, 1.54) is 39.8 Å². The molecule has 11 nitrogen and oxygen atoms in total. The van der Waals surface area contributed by atoms with Crippen LogP contribution in [0.4, 0.5) is 0 Å². The van der Waals surface area contributed by atoms with Crippen LogP contribution in [0.25, 0.3) is 0 Å². The van der Waals surface area contributed by atoms with Gasteiger partial charge in [-0.25, -0.2) is 4.79 Å². The number of rotatable bonds is 3. The summed E-state index contributed by atoms with van der Waals surface area (Å²) in [5, 5.41) is 58.3. The van der Waals surface area contributed by atoms with E-state index in [4.69, 9.17) is 14.2 Å². The highest BCUT2D eigenvalue weighted by molar-refractivity contribution is 5.94. The van der Waals surface area contributed by atoms with Gasteiger partial charge in [0.2, 0.25) is 0 Å². The average molecular weight is 561 g/mol. The van der Waals surface area contributed by atoms with Gasteiger partial charge in [0.05, 0.1) is 29.6 Å². The fourth-order valence-corrected chi connectivity index (χ4v) is 7.79. The zero-order valence-electron chi connectivity index (χ0n) is 23.0. The molecule has 1 aliphatic heterocycles. The predicted molar refractivity (Wildman–Crippen MR) is 137 cm³/mol. The Balaban J connectivity index is 1.85. The Morgan fingerprint density at radius 2 is 1.68 bits per heavy atom. The SMILES string of the molecule is CC(=O)O[C@@]12CO[C@@H]1C[C@H](O)[C@@]1(C)C(=O)[C@H](O)C3=C(C)[C@H](O)[C@H](O)[C@@](O)([C@@H](OC(=O)c4ccccc4)[C@H]21)C3(C)C. The molecule has 0 aromatic heterocycles. The van der Waals surface area contributed by atoms with Gasteiger partial charge < -0.3 is 39.7 Å². The largest absolute Gasteiger partial charge is 0.455 e. The van der Waals surface area contributed by atoms with Crippen molar-refractivity contribution in [1.82, 2.24) is 0 Å². The van der Waals surface area contributed by atoms with Crippen LogP contribution in [0.3, 0.4) is 0 Å². The smallest absolute Gasteiger partial charge is 0.338 e. The summed E-state index contributed by atoms with van der Waals surface area (Å²) in [6.45, 7) is 6.63. The average Bonchev–Trinajstić information content (AvgIpc) is 2.90. The first-order valence-electron chi connectivity index (χ1n) is 13.3. The lowest BCUT2D eigenvalue weighted by atomic mass is 9.44. The van der Waals surface area contributed by atoms with Gasteiger partial charge in [-0.2, -0.15) is 0 Å². The van der Waals surface area contributed by atoms with E-state index in [1.54, 1.807) is 18.2 Å². The third-order valence-electron chi connectivity index (χ3n) is 10.0. The number of aliphatic hydroxyl groups is 5. The summed E-state index contributed by atoms with van der Waals surface area (Å²) in [5.74, 6) is -4.04. The van der Waals surface area contributed by atoms with Crippen molar-refractivity contribution < 1.29 is 54.1 Å². The summed E-state index contributed by atoms with van der Waals surface area (Å²) in [4.78, 5) is 40.3. The second-order valence-corrected chi connectivity index (χ2v) is 12.3. The van der Waals surface area contributed by atoms with Gasteiger partial charge in [0, 0.05) is 18.8 Å². The van der Waals surface area contributed by atoms with Crippen LogP contribution in [0.2, 0.25) is 0 Å². The molecule has 5 N–H and O–H groups in total. The van der Waals surface area contributed by atoms with Crippen molar-refractivity contribution in [2.45, 2.75) is 88.9 Å². The Bertz CT molecular complexity index is 1270. The molecule has 2 bridgehead atoms. The van der Waals surface area contributed by atoms with Crippen molar-refractivity contribution in [1.29, 1.82) is 0 Å². The Labute approximate surface area is 231 Å². The van der Waals surface area contributed by atoms with Gasteiger partial charge in [0.1, 0.15) is 36.1 Å². The van der Waals surface area contributed by atoms with E-state index in [0.29, 0.717) is 0 Å². The van der Waals surface area contributed by atoms with Crippen LogP contribution in [-0.4, -0.2) is 97.7 Å². The van der Waals surface area contributed by atoms with Gasteiger partial charge in [0.25, 0.3) is 0 Å². The number of carbonyl (C=O) groups is 3. The molecule has 1 aromatic carbocycles. The van der Waals surface area contributed by atoms with E-state index in [2.05, 4.69) is 0 Å². The Morgan fingerprint density at radius 1 is 1.05 bits per heavy atom. The van der Waals surface area contributed by atoms with Crippen molar-refractivity contribution in [3.8, 4) is 0 Å². The molecule has 0 amide bonds. The zero-order chi connectivity index (χ0) is 29.6. The number of ketones is 1. The first kappa shape index (κ1) is 28.8. The van der Waals surface area contributed by atoms with Crippen molar-refractivity contribution in [3.63, 3.8) is 0 Å². The normalized spacial score (nSPS) is 43.9. The molecule has 218 valence electrons. The van der Waals surface area contributed by atoms with Crippen molar-refractivity contribution in [2.75, 3.05) is 6.61 Å². The predicted octanol–water partition coefficient (Wildman–Crippen LogP) is 0.0526. The van der Waals surface area contributed by atoms with E-state index in [-0.39, 0.29) is 29.7 Å². The standard InChI is InChI=1S/C29H36O11/c1-13-18-20(33)22(34)27(5)16(31)11-17-28(12-38-17,40-14(2)30)21(27)24(39-25(36)15-9-7-6-8-10-15)29(37,26(18,3)4)23(35)19(13)32/h6-10,16-17,19-21,23-24,31-33,35,37H,11-12H2,1-5H3/t16-,17+,19-,20+,21-,23-,24-,27+,28-,29+/m0/s1. The molecule has 5 rings (SSSR count). The van der Waals surface area contributed by atoms with Gasteiger partial charge in [-0.1, -0.05) is 32.0 Å². The first-order chi connectivity index (χ1) is 18.6. The molecular formula is C29H36O11. The number of benzene rings is 1. The molecule has 1 heterocycles. The summed E-state index contributed by atoms with van der Waals surface area (Å²) in [6, 6.07) is 7.83. The van der Waals surface area contributed by atoms with E-state index in [1.807, 2.05) is 0 Å². The molecule has 3 fully saturated rings. The Kier molecular flexibility index (Phi) is 6.61. The molecule has 1 aromatic rings. The van der Waals surface area contributed by atoms with Crippen LogP contribution in [0.15, 0.2) is 41.5 Å². The highest BCUT2D eigenvalue weighted by atomic mass is 16.6. The van der Waals surface area contributed by atoms with E-state index < -0.39 is 82.3 Å². The lowest BCUT2D eigenvalue weighted by molar-refractivity contribution is -0.352. The molecule has 3 aliphatic carbocycles. The third kappa shape index (κ3) is 3.48. The van der Waals surface area contributed by atoms with E-state index in [0.717, 1.165) is 6.92 Å². The lowest BCUT2D eigenvalue weighted by Gasteiger charge is -2.67. The van der Waals surface area contributed by atoms with Crippen LogP contribution in [0, 0.1) is 16.7 Å². The summed E-state index contributed by atoms with van der Waals surface area (Å²) < 4.78 is 17.5. The van der Waals surface area contributed by atoms with Crippen LogP contribution < -0.4 is 0 Å². The highest BCUT2D eigenvalue weighted by Crippen LogP contribution is 2.63. The second-order valence-electron chi connectivity index (χ2n) is 12.3. The molecule has 40 heavy (non-hydrogen) atoms. The van der Waals surface area contributed by atoms with Gasteiger partial charge in [-0.3, -0.25) is 9.59 Å². The van der Waals surface area contributed by atoms with Gasteiger partial charge >= 0.3 is 11.9 Å². The van der Waals surface area contributed by atoms with Crippen LogP contribution in [0.5, 0.6) is 0 Å². The maximum Gasteiger partial charge on any atom is 0.338 e. The van der Waals surface area contributed by atoms with Crippen molar-refractivity contribution >= 4 is 17.7 Å². The molecule has 10 atom stereocenters. The molecule has 4 aliphatic rings. The Hall–Kier alpha value is -2.67. The number of esters is 2. The number of Topliss-reactive ketones (excluding diaryl/α,β-unsaturated/α-hetero) is 1. The number of aliphatic hydroxyl groups excluding tert-OH is 4. The maximum absolute atomic E-state index is 14.3. The van der Waals surface area contributed by atoms with E-state index in [9.17, 15) is 39.9 Å². The lowest BCUT2D eigenvalue weighted by Crippen LogP contribution is -2.83. The minimum absolute atomic E-state index is 0.0565. The molecule has 0 radical (unpaired) electrons. The minimum Gasteiger partial charge on any atom is -0.455 e. The monoisotopic (exact) mass is 560 g/mol. The summed E-state index contributed by atoms with van der Waals surface area (Å²) in [7, 11) is 0. The van der Waals surface area contributed by atoms with Gasteiger partial charge in [0.15, 0.2) is 11.4 Å². The third-order valence-corrected chi connectivity index (χ3v) is 10.0. The fourth-order valence-electron chi connectivity index (χ4n) is 7.79. The fraction of sp³-hybridized carbons (Fsp3) is 0.621. The maximum atomic E-state index is 14.3. The number of hydrogen-bond donors (Lipinski definition) is 5. The zero-order valence-corrected chi connectivity index (χ0v) is 23.0. The number of carbonyl (C=O) groups excluding carboxylic acids is 3. The highest BCUT2D eigenvalue weighted by Gasteiger charge is 2.79. The Morgan fingerprint density at radius 3 is 2.23 bits per heavy atom. The van der Waals surface area contributed by atoms with Crippen LogP contribution in [-0.2, 0) is 23.8 Å². The number of ether oxygens (including phenoxy) is 3. The summed E-state index contributed by atoms with van der Waals surface area (Å²) in [5.41, 5.74) is -7.76. The van der Waals surface area contributed by atoms with Crippen molar-refractivity contribution in [2.24, 2.45) is 16.7 Å². The van der Waals surface area contributed by atoms with Crippen molar-refractivity contribution in [3.05, 3.63) is 47.0 Å².